The minimum absolute atomic E-state index is 0.0374. The Morgan fingerprint density at radius 3 is 2.33 bits per heavy atom. The van der Waals surface area contributed by atoms with Crippen LogP contribution in [0.15, 0.2) is 0 Å². The Labute approximate surface area is 74.1 Å². The van der Waals surface area contributed by atoms with Gasteiger partial charge in [0.2, 0.25) is 5.91 Å². The number of amides is 1. The number of thiol groups is 1. The summed E-state index contributed by atoms with van der Waals surface area (Å²) < 4.78 is 35.1. The Balaban J connectivity index is 3.87. The van der Waals surface area contributed by atoms with Gasteiger partial charge in [0.25, 0.3) is 0 Å². The van der Waals surface area contributed by atoms with E-state index in [-0.39, 0.29) is 12.2 Å². The molecule has 0 aliphatic rings. The van der Waals surface area contributed by atoms with E-state index in [1.807, 2.05) is 0 Å². The summed E-state index contributed by atoms with van der Waals surface area (Å²) in [6, 6.07) is 0. The largest absolute Gasteiger partial charge is 0.406 e. The van der Waals surface area contributed by atoms with Crippen LogP contribution in [0.3, 0.4) is 0 Å². The van der Waals surface area contributed by atoms with Gasteiger partial charge in [0.15, 0.2) is 0 Å². The second-order valence-corrected chi connectivity index (χ2v) is 2.79. The molecular formula is C6H10F3NOS. The third-order valence-electron chi connectivity index (χ3n) is 1.17. The molecule has 0 saturated heterocycles. The van der Waals surface area contributed by atoms with Crippen LogP contribution in [0.4, 0.5) is 13.2 Å². The molecule has 0 spiro atoms. The molecule has 1 amide bonds. The maximum absolute atomic E-state index is 11.7. The molecule has 0 radical (unpaired) electrons. The van der Waals surface area contributed by atoms with E-state index in [9.17, 15) is 18.0 Å². The maximum atomic E-state index is 11.7. The first-order chi connectivity index (χ1) is 5.37. The van der Waals surface area contributed by atoms with Gasteiger partial charge < -0.3 is 4.90 Å². The zero-order valence-corrected chi connectivity index (χ0v) is 7.45. The predicted octanol–water partition coefficient (Wildman–Crippen LogP) is 1.33. The summed E-state index contributed by atoms with van der Waals surface area (Å²) in [6.45, 7) is -1.19. The third-order valence-corrected chi connectivity index (χ3v) is 1.39. The van der Waals surface area contributed by atoms with E-state index in [1.165, 1.54) is 0 Å². The predicted molar refractivity (Wildman–Crippen MR) is 42.2 cm³/mol. The number of carbonyl (C=O) groups excluding carboxylic acids is 1. The molecule has 0 rings (SSSR count). The topological polar surface area (TPSA) is 20.3 Å². The summed E-state index contributed by atoms with van der Waals surface area (Å²) in [5.41, 5.74) is 0. The normalized spacial score (nSPS) is 11.4. The van der Waals surface area contributed by atoms with Gasteiger partial charge in [-0.25, -0.2) is 0 Å². The highest BCUT2D eigenvalue weighted by atomic mass is 32.1. The Kier molecular flexibility index (Phi) is 4.44. The standard InChI is InChI=1S/C6H10F3NOS/c1-10(4-6(7,8)9)5(11)2-3-12/h12H,2-4H2,1H3. The zero-order valence-electron chi connectivity index (χ0n) is 6.56. The maximum Gasteiger partial charge on any atom is 0.406 e. The van der Waals surface area contributed by atoms with E-state index >= 15 is 0 Å². The molecule has 12 heavy (non-hydrogen) atoms. The van der Waals surface area contributed by atoms with Crippen molar-refractivity contribution < 1.29 is 18.0 Å². The van der Waals surface area contributed by atoms with Crippen molar-refractivity contribution in [1.29, 1.82) is 0 Å². The van der Waals surface area contributed by atoms with Crippen LogP contribution in [0, 0.1) is 0 Å². The van der Waals surface area contributed by atoms with Crippen LogP contribution in [0.2, 0.25) is 0 Å². The fourth-order valence-electron chi connectivity index (χ4n) is 0.644. The second-order valence-electron chi connectivity index (χ2n) is 2.34. The highest BCUT2D eigenvalue weighted by molar-refractivity contribution is 7.80. The molecule has 0 heterocycles. The van der Waals surface area contributed by atoms with E-state index < -0.39 is 18.6 Å². The minimum Gasteiger partial charge on any atom is -0.337 e. The molecule has 6 heteroatoms. The van der Waals surface area contributed by atoms with Crippen molar-refractivity contribution >= 4 is 18.5 Å². The third kappa shape index (κ3) is 5.29. The summed E-state index contributed by atoms with van der Waals surface area (Å²) in [6.07, 6.45) is -4.28. The van der Waals surface area contributed by atoms with Crippen molar-refractivity contribution in [3.63, 3.8) is 0 Å². The first-order valence-electron chi connectivity index (χ1n) is 3.28. The van der Waals surface area contributed by atoms with Crippen molar-refractivity contribution in [2.24, 2.45) is 0 Å². The summed E-state index contributed by atoms with van der Waals surface area (Å²) in [5, 5.41) is 0. The number of rotatable bonds is 3. The Morgan fingerprint density at radius 1 is 1.50 bits per heavy atom. The molecular weight excluding hydrogens is 191 g/mol. The van der Waals surface area contributed by atoms with Gasteiger partial charge in [-0.05, 0) is 5.75 Å². The average molecular weight is 201 g/mol. The van der Waals surface area contributed by atoms with Crippen LogP contribution in [-0.4, -0.2) is 36.3 Å². The highest BCUT2D eigenvalue weighted by Gasteiger charge is 2.30. The molecule has 0 aromatic heterocycles. The summed E-state index contributed by atoms with van der Waals surface area (Å²) in [4.78, 5) is 11.4. The number of hydrogen-bond donors (Lipinski definition) is 1. The van der Waals surface area contributed by atoms with E-state index in [1.54, 1.807) is 0 Å². The van der Waals surface area contributed by atoms with Gasteiger partial charge in [0.1, 0.15) is 6.54 Å². The van der Waals surface area contributed by atoms with Crippen molar-refractivity contribution in [3.05, 3.63) is 0 Å². The molecule has 2 nitrogen and oxygen atoms in total. The average Bonchev–Trinajstić information content (AvgIpc) is 1.84. The Bertz CT molecular complexity index is 159. The number of nitrogens with zero attached hydrogens (tertiary/aromatic N) is 1. The van der Waals surface area contributed by atoms with E-state index in [2.05, 4.69) is 12.6 Å². The molecule has 0 aromatic rings. The first kappa shape index (κ1) is 11.6. The first-order valence-corrected chi connectivity index (χ1v) is 3.91. The molecule has 0 fully saturated rings. The highest BCUT2D eigenvalue weighted by Crippen LogP contribution is 2.15. The molecule has 0 bridgehead atoms. The lowest BCUT2D eigenvalue weighted by Gasteiger charge is -2.18. The lowest BCUT2D eigenvalue weighted by Crippen LogP contribution is -2.35. The SMILES string of the molecule is CN(CC(F)(F)F)C(=O)CCS. The number of alkyl halides is 3. The van der Waals surface area contributed by atoms with Crippen molar-refractivity contribution in [2.45, 2.75) is 12.6 Å². The quantitative estimate of drug-likeness (QED) is 0.683. The molecule has 0 N–H and O–H groups in total. The van der Waals surface area contributed by atoms with E-state index in [0.29, 0.717) is 4.90 Å². The van der Waals surface area contributed by atoms with Gasteiger partial charge in [0.05, 0.1) is 0 Å². The van der Waals surface area contributed by atoms with Gasteiger partial charge in [-0.3, -0.25) is 4.79 Å². The van der Waals surface area contributed by atoms with Crippen LogP contribution in [0.5, 0.6) is 0 Å². The van der Waals surface area contributed by atoms with Gasteiger partial charge >= 0.3 is 6.18 Å². The van der Waals surface area contributed by atoms with Crippen LogP contribution in [0.1, 0.15) is 6.42 Å². The van der Waals surface area contributed by atoms with Gasteiger partial charge in [-0.1, -0.05) is 0 Å². The van der Waals surface area contributed by atoms with E-state index in [0.717, 1.165) is 7.05 Å². The molecule has 0 aliphatic heterocycles. The molecule has 0 saturated carbocycles. The Morgan fingerprint density at radius 2 is 2.00 bits per heavy atom. The molecule has 0 aromatic carbocycles. The van der Waals surface area contributed by atoms with E-state index in [4.69, 9.17) is 0 Å². The van der Waals surface area contributed by atoms with Gasteiger partial charge in [-0.2, -0.15) is 25.8 Å². The number of halogens is 3. The van der Waals surface area contributed by atoms with Gasteiger partial charge in [0, 0.05) is 13.5 Å². The fraction of sp³-hybridized carbons (Fsp3) is 0.833. The molecule has 0 unspecified atom stereocenters. The van der Waals surface area contributed by atoms with Gasteiger partial charge in [-0.15, -0.1) is 0 Å². The zero-order chi connectivity index (χ0) is 9.78. The summed E-state index contributed by atoms with van der Waals surface area (Å²) in [5.74, 6) is -0.275. The number of hydrogen-bond acceptors (Lipinski definition) is 2. The second kappa shape index (κ2) is 4.59. The summed E-state index contributed by atoms with van der Waals surface area (Å²) in [7, 11) is 1.12. The monoisotopic (exact) mass is 201 g/mol. The van der Waals surface area contributed by atoms with Crippen LogP contribution < -0.4 is 0 Å². The summed E-state index contributed by atoms with van der Waals surface area (Å²) >= 11 is 3.74. The fourth-order valence-corrected chi connectivity index (χ4v) is 0.835. The lowest BCUT2D eigenvalue weighted by molar-refractivity contribution is -0.158. The van der Waals surface area contributed by atoms with Crippen molar-refractivity contribution in [2.75, 3.05) is 19.3 Å². The Hall–Kier alpha value is -0.390. The molecule has 0 atom stereocenters. The van der Waals surface area contributed by atoms with Crippen LogP contribution >= 0.6 is 12.6 Å². The minimum atomic E-state index is -4.32. The van der Waals surface area contributed by atoms with Crippen LogP contribution in [0.25, 0.3) is 0 Å². The lowest BCUT2D eigenvalue weighted by atomic mass is 10.4. The number of carbonyl (C=O) groups is 1. The van der Waals surface area contributed by atoms with Crippen LogP contribution in [-0.2, 0) is 4.79 Å². The van der Waals surface area contributed by atoms with Crippen molar-refractivity contribution in [1.82, 2.24) is 4.90 Å². The molecule has 72 valence electrons. The van der Waals surface area contributed by atoms with Crippen molar-refractivity contribution in [3.8, 4) is 0 Å². The smallest absolute Gasteiger partial charge is 0.337 e. The molecule has 0 aliphatic carbocycles.